The zero-order valence-electron chi connectivity index (χ0n) is 49.2. The predicted octanol–water partition coefficient (Wildman–Crippen LogP) is 22.3. The van der Waals surface area contributed by atoms with Crippen molar-refractivity contribution in [1.82, 2.24) is 0 Å². The molecule has 1 atom stereocenters. The van der Waals surface area contributed by atoms with Crippen molar-refractivity contribution in [3.05, 3.63) is 0 Å². The summed E-state index contributed by atoms with van der Waals surface area (Å²) in [5, 5.41) is 0. The number of carbonyl (C=O) groups is 3. The molecule has 0 saturated heterocycles. The third kappa shape index (κ3) is 59.3. The molecule has 0 aliphatic rings. The largest absolute Gasteiger partial charge is 0.462 e. The lowest BCUT2D eigenvalue weighted by molar-refractivity contribution is -0.167. The Labute approximate surface area is 450 Å². The number of hydrogen-bond donors (Lipinski definition) is 0. The van der Waals surface area contributed by atoms with Gasteiger partial charge in [-0.25, -0.2) is 0 Å². The van der Waals surface area contributed by atoms with Crippen molar-refractivity contribution in [2.75, 3.05) is 13.2 Å². The van der Waals surface area contributed by atoms with Crippen molar-refractivity contribution in [2.24, 2.45) is 0 Å². The van der Waals surface area contributed by atoms with Gasteiger partial charge in [0, 0.05) is 19.3 Å². The summed E-state index contributed by atoms with van der Waals surface area (Å²) in [4.78, 5) is 38.2. The van der Waals surface area contributed by atoms with Crippen LogP contribution in [0.1, 0.15) is 387 Å². The van der Waals surface area contributed by atoms with E-state index in [-0.39, 0.29) is 31.1 Å². The van der Waals surface area contributed by atoms with E-state index in [4.69, 9.17) is 14.2 Å². The Hall–Kier alpha value is -1.59. The summed E-state index contributed by atoms with van der Waals surface area (Å²) in [5.74, 6) is -0.830. The van der Waals surface area contributed by atoms with Gasteiger partial charge in [0.05, 0.1) is 0 Å². The van der Waals surface area contributed by atoms with Gasteiger partial charge in [-0.15, -0.1) is 0 Å². The van der Waals surface area contributed by atoms with Crippen LogP contribution in [0, 0.1) is 0 Å². The van der Waals surface area contributed by atoms with E-state index in [2.05, 4.69) is 20.8 Å². The molecule has 0 saturated carbocycles. The second-order valence-electron chi connectivity index (χ2n) is 22.8. The highest BCUT2D eigenvalue weighted by Gasteiger charge is 2.19. The van der Waals surface area contributed by atoms with Gasteiger partial charge in [0.2, 0.25) is 0 Å². The second-order valence-corrected chi connectivity index (χ2v) is 22.8. The Bertz CT molecular complexity index is 1080. The maximum Gasteiger partial charge on any atom is 0.306 e. The minimum Gasteiger partial charge on any atom is -0.462 e. The fourth-order valence-corrected chi connectivity index (χ4v) is 10.4. The Morgan fingerprint density at radius 1 is 0.222 bits per heavy atom. The molecule has 0 fully saturated rings. The third-order valence-corrected chi connectivity index (χ3v) is 15.4. The fraction of sp³-hybridized carbons (Fsp3) is 0.955. The number of esters is 3. The van der Waals surface area contributed by atoms with Crippen molar-refractivity contribution >= 4 is 17.9 Å². The molecule has 0 amide bonds. The fourth-order valence-electron chi connectivity index (χ4n) is 10.4. The van der Waals surface area contributed by atoms with Gasteiger partial charge in [0.15, 0.2) is 6.10 Å². The first-order valence-electron chi connectivity index (χ1n) is 33.0. The molecule has 6 heteroatoms. The van der Waals surface area contributed by atoms with Crippen LogP contribution in [-0.4, -0.2) is 37.2 Å². The van der Waals surface area contributed by atoms with Crippen LogP contribution in [-0.2, 0) is 28.6 Å². The normalized spacial score (nSPS) is 11.9. The molecule has 72 heavy (non-hydrogen) atoms. The highest BCUT2D eigenvalue weighted by atomic mass is 16.6. The predicted molar refractivity (Wildman–Crippen MR) is 312 cm³/mol. The van der Waals surface area contributed by atoms with Crippen molar-refractivity contribution in [2.45, 2.75) is 393 Å². The minimum absolute atomic E-state index is 0.0609. The van der Waals surface area contributed by atoms with E-state index in [9.17, 15) is 14.4 Å². The van der Waals surface area contributed by atoms with Gasteiger partial charge >= 0.3 is 17.9 Å². The molecule has 0 heterocycles. The molecule has 6 nitrogen and oxygen atoms in total. The van der Waals surface area contributed by atoms with Gasteiger partial charge in [-0.2, -0.15) is 0 Å². The molecule has 0 aromatic rings. The van der Waals surface area contributed by atoms with Crippen LogP contribution in [0.4, 0.5) is 0 Å². The first-order valence-corrected chi connectivity index (χ1v) is 33.0. The average molecular weight is 1020 g/mol. The summed E-state index contributed by atoms with van der Waals surface area (Å²) in [6.07, 6.45) is 71.4. The van der Waals surface area contributed by atoms with Crippen molar-refractivity contribution in [3.8, 4) is 0 Å². The zero-order chi connectivity index (χ0) is 52.2. The monoisotopic (exact) mass is 1020 g/mol. The second kappa shape index (κ2) is 62.0. The van der Waals surface area contributed by atoms with Gasteiger partial charge < -0.3 is 14.2 Å². The van der Waals surface area contributed by atoms with Gasteiger partial charge in [-0.1, -0.05) is 348 Å². The summed E-state index contributed by atoms with van der Waals surface area (Å²) >= 11 is 0. The van der Waals surface area contributed by atoms with Crippen LogP contribution in [0.2, 0.25) is 0 Å². The molecule has 0 radical (unpaired) electrons. The Morgan fingerprint density at radius 2 is 0.375 bits per heavy atom. The smallest absolute Gasteiger partial charge is 0.306 e. The molecule has 0 rings (SSSR count). The lowest BCUT2D eigenvalue weighted by Crippen LogP contribution is -2.30. The molecule has 428 valence electrons. The van der Waals surface area contributed by atoms with Crippen LogP contribution in [0.3, 0.4) is 0 Å². The molecular weight excluding hydrogens is 889 g/mol. The van der Waals surface area contributed by atoms with Crippen LogP contribution >= 0.6 is 0 Å². The highest BCUT2D eigenvalue weighted by molar-refractivity contribution is 5.71. The van der Waals surface area contributed by atoms with Gasteiger partial charge in [0.25, 0.3) is 0 Å². The van der Waals surface area contributed by atoms with E-state index >= 15 is 0 Å². The molecular formula is C66H128O6. The topological polar surface area (TPSA) is 78.9 Å². The summed E-state index contributed by atoms with van der Waals surface area (Å²) in [5.41, 5.74) is 0. The van der Waals surface area contributed by atoms with Gasteiger partial charge in [-0.3, -0.25) is 14.4 Å². The van der Waals surface area contributed by atoms with E-state index in [0.29, 0.717) is 19.3 Å². The van der Waals surface area contributed by atoms with Gasteiger partial charge in [-0.05, 0) is 19.3 Å². The van der Waals surface area contributed by atoms with Crippen LogP contribution in [0.15, 0.2) is 0 Å². The third-order valence-electron chi connectivity index (χ3n) is 15.4. The summed E-state index contributed by atoms with van der Waals surface area (Å²) < 4.78 is 16.9. The molecule has 0 aromatic heterocycles. The first kappa shape index (κ1) is 70.4. The summed E-state index contributed by atoms with van der Waals surface area (Å²) in [6, 6.07) is 0. The number of carbonyl (C=O) groups excluding carboxylic acids is 3. The molecule has 1 unspecified atom stereocenters. The van der Waals surface area contributed by atoms with Crippen LogP contribution < -0.4 is 0 Å². The number of ether oxygens (including phenoxy) is 3. The standard InChI is InChI=1S/C66H128O6/c1-4-7-10-13-16-19-22-24-26-28-29-30-31-32-33-34-35-36-37-38-39-41-42-44-47-50-53-56-59-65(68)71-62-63(61-70-64(67)58-55-52-49-46-21-18-15-12-9-6-3)72-66(69)60-57-54-51-48-45-43-40-27-25-23-20-17-14-11-8-5-2/h63H,4-62H2,1-3H3. The molecule has 0 aromatic carbocycles. The van der Waals surface area contributed by atoms with E-state index < -0.39 is 6.10 Å². The Morgan fingerprint density at radius 3 is 0.556 bits per heavy atom. The van der Waals surface area contributed by atoms with Gasteiger partial charge in [0.1, 0.15) is 13.2 Å². The number of unbranched alkanes of at least 4 members (excludes halogenated alkanes) is 51. The Kier molecular flexibility index (Phi) is 60.6. The first-order chi connectivity index (χ1) is 35.5. The maximum atomic E-state index is 12.9. The average Bonchev–Trinajstić information content (AvgIpc) is 3.38. The Balaban J connectivity index is 4.07. The van der Waals surface area contributed by atoms with Crippen molar-refractivity contribution < 1.29 is 28.6 Å². The summed E-state index contributed by atoms with van der Waals surface area (Å²) in [6.45, 7) is 6.71. The van der Waals surface area contributed by atoms with Crippen molar-refractivity contribution in [1.29, 1.82) is 0 Å². The molecule has 0 aliphatic heterocycles. The summed E-state index contributed by atoms with van der Waals surface area (Å²) in [7, 11) is 0. The zero-order valence-corrected chi connectivity index (χ0v) is 49.2. The van der Waals surface area contributed by atoms with E-state index in [1.165, 1.54) is 289 Å². The molecule has 0 N–H and O–H groups in total. The maximum absolute atomic E-state index is 12.9. The highest BCUT2D eigenvalue weighted by Crippen LogP contribution is 2.19. The van der Waals surface area contributed by atoms with E-state index in [1.807, 2.05) is 0 Å². The van der Waals surface area contributed by atoms with E-state index in [0.717, 1.165) is 57.8 Å². The molecule has 0 bridgehead atoms. The van der Waals surface area contributed by atoms with Crippen LogP contribution in [0.25, 0.3) is 0 Å². The minimum atomic E-state index is -0.761. The SMILES string of the molecule is CCCCCCCCCCCCCCCCCCCCCCCCCCCCCCC(=O)OCC(COC(=O)CCCCCCCCCCCC)OC(=O)CCCCCCCCCCCCCCCCCC. The van der Waals surface area contributed by atoms with Crippen molar-refractivity contribution in [3.63, 3.8) is 0 Å². The van der Waals surface area contributed by atoms with Crippen LogP contribution in [0.5, 0.6) is 0 Å². The number of hydrogen-bond acceptors (Lipinski definition) is 6. The number of rotatable bonds is 62. The lowest BCUT2D eigenvalue weighted by atomic mass is 10.0. The molecule has 0 spiro atoms. The quantitative estimate of drug-likeness (QED) is 0.0343. The molecule has 0 aliphatic carbocycles. The lowest BCUT2D eigenvalue weighted by Gasteiger charge is -2.18. The van der Waals surface area contributed by atoms with E-state index in [1.54, 1.807) is 0 Å².